The first-order chi connectivity index (χ1) is 9.81. The Kier molecular flexibility index (Phi) is 4.90. The summed E-state index contributed by atoms with van der Waals surface area (Å²) in [5, 5.41) is 9.21. The van der Waals surface area contributed by atoms with Gasteiger partial charge >= 0.3 is 0 Å². The number of aromatic nitrogens is 1. The van der Waals surface area contributed by atoms with E-state index in [1.54, 1.807) is 6.07 Å². The Morgan fingerprint density at radius 1 is 1.38 bits per heavy atom. The second kappa shape index (κ2) is 6.33. The monoisotopic (exact) mass is 351 g/mol. The normalized spacial score (nSPS) is 17.5. The lowest BCUT2D eigenvalue weighted by molar-refractivity contribution is 0.0470. The lowest BCUT2D eigenvalue weighted by Crippen LogP contribution is -2.48. The molecular formula is C16H22BrN3O. The average Bonchev–Trinajstić information content (AvgIpc) is 2.42. The van der Waals surface area contributed by atoms with Crippen LogP contribution in [0.2, 0.25) is 0 Å². The van der Waals surface area contributed by atoms with Crippen molar-refractivity contribution < 1.29 is 4.74 Å². The molecule has 0 bridgehead atoms. The number of aryl methyl sites for hydroxylation is 1. The van der Waals surface area contributed by atoms with Crippen LogP contribution in [0.3, 0.4) is 0 Å². The van der Waals surface area contributed by atoms with Gasteiger partial charge in [-0.1, -0.05) is 0 Å². The van der Waals surface area contributed by atoms with E-state index in [9.17, 15) is 5.26 Å². The fourth-order valence-corrected chi connectivity index (χ4v) is 2.85. The molecule has 1 aromatic rings. The van der Waals surface area contributed by atoms with Crippen molar-refractivity contribution in [2.45, 2.75) is 52.2 Å². The van der Waals surface area contributed by atoms with Gasteiger partial charge in [-0.05, 0) is 62.5 Å². The Balaban J connectivity index is 2.05. The molecule has 0 spiro atoms. The second-order valence-corrected chi connectivity index (χ2v) is 7.35. The molecule has 0 aliphatic carbocycles. The molecule has 0 saturated carbocycles. The number of hydrogen-bond acceptors (Lipinski definition) is 4. The van der Waals surface area contributed by atoms with E-state index in [1.165, 1.54) is 0 Å². The highest BCUT2D eigenvalue weighted by Gasteiger charge is 2.28. The van der Waals surface area contributed by atoms with Gasteiger partial charge in [-0.3, -0.25) is 4.90 Å². The lowest BCUT2D eigenvalue weighted by Gasteiger charge is -2.40. The lowest BCUT2D eigenvalue weighted by atomic mass is 9.99. The van der Waals surface area contributed by atoms with Crippen LogP contribution in [0.15, 0.2) is 10.5 Å². The van der Waals surface area contributed by atoms with Crippen LogP contribution < -0.4 is 4.74 Å². The molecule has 1 saturated heterocycles. The average molecular weight is 352 g/mol. The molecule has 0 amide bonds. The molecule has 4 nitrogen and oxygen atoms in total. The third-order valence-electron chi connectivity index (χ3n) is 3.91. The highest BCUT2D eigenvalue weighted by molar-refractivity contribution is 9.10. The van der Waals surface area contributed by atoms with Gasteiger partial charge in [-0.15, -0.1) is 0 Å². The summed E-state index contributed by atoms with van der Waals surface area (Å²) in [6.07, 6.45) is 2.08. The zero-order valence-electron chi connectivity index (χ0n) is 13.1. The number of ether oxygens (including phenoxy) is 1. The largest absolute Gasteiger partial charge is 0.473 e. The van der Waals surface area contributed by atoms with Crippen LogP contribution in [0.1, 0.15) is 44.9 Å². The van der Waals surface area contributed by atoms with Crippen LogP contribution in [-0.4, -0.2) is 34.6 Å². The summed E-state index contributed by atoms with van der Waals surface area (Å²) in [6.45, 7) is 10.7. The number of halogens is 1. The molecule has 0 unspecified atom stereocenters. The Bertz CT molecular complexity index is 552. The molecule has 1 aliphatic heterocycles. The van der Waals surface area contributed by atoms with Crippen molar-refractivity contribution in [3.63, 3.8) is 0 Å². The summed E-state index contributed by atoms with van der Waals surface area (Å²) in [4.78, 5) is 6.87. The number of piperidine rings is 1. The van der Waals surface area contributed by atoms with Crippen LogP contribution in [-0.2, 0) is 0 Å². The van der Waals surface area contributed by atoms with E-state index >= 15 is 0 Å². The Hall–Kier alpha value is -1.12. The van der Waals surface area contributed by atoms with Crippen molar-refractivity contribution in [1.29, 1.82) is 5.26 Å². The van der Waals surface area contributed by atoms with E-state index in [1.807, 2.05) is 6.92 Å². The maximum Gasteiger partial charge on any atom is 0.232 e. The van der Waals surface area contributed by atoms with Gasteiger partial charge < -0.3 is 4.74 Å². The number of pyridine rings is 1. The molecular weight excluding hydrogens is 330 g/mol. The molecule has 114 valence electrons. The van der Waals surface area contributed by atoms with Gasteiger partial charge in [0.05, 0.1) is 5.69 Å². The molecule has 5 heteroatoms. The first kappa shape index (κ1) is 16.3. The summed E-state index contributed by atoms with van der Waals surface area (Å²) in [6, 6.07) is 3.94. The van der Waals surface area contributed by atoms with Gasteiger partial charge in [0.2, 0.25) is 5.88 Å². The molecule has 1 aromatic heterocycles. The Labute approximate surface area is 135 Å². The first-order valence-electron chi connectivity index (χ1n) is 7.30. The molecule has 0 aromatic carbocycles. The zero-order chi connectivity index (χ0) is 15.6. The van der Waals surface area contributed by atoms with Crippen LogP contribution in [0.25, 0.3) is 0 Å². The molecule has 0 atom stereocenters. The number of rotatable bonds is 2. The number of hydrogen-bond donors (Lipinski definition) is 0. The first-order valence-corrected chi connectivity index (χ1v) is 8.09. The van der Waals surface area contributed by atoms with Crippen molar-refractivity contribution in [2.75, 3.05) is 13.1 Å². The van der Waals surface area contributed by atoms with Crippen LogP contribution in [0, 0.1) is 18.3 Å². The van der Waals surface area contributed by atoms with Crippen molar-refractivity contribution >= 4 is 15.9 Å². The van der Waals surface area contributed by atoms with E-state index in [2.05, 4.69) is 52.7 Å². The fraction of sp³-hybridized carbons (Fsp3) is 0.625. The second-order valence-electron chi connectivity index (χ2n) is 6.50. The maximum atomic E-state index is 9.21. The van der Waals surface area contributed by atoms with Gasteiger partial charge in [-0.2, -0.15) is 5.26 Å². The molecule has 21 heavy (non-hydrogen) atoms. The standard InChI is InChI=1S/C16H22BrN3O/c1-11-14(17)9-12(10-18)15(19-11)21-13-5-7-20(8-6-13)16(2,3)4/h9,13H,5-8H2,1-4H3. The van der Waals surface area contributed by atoms with Gasteiger partial charge in [0.15, 0.2) is 0 Å². The topological polar surface area (TPSA) is 49.1 Å². The van der Waals surface area contributed by atoms with Crippen LogP contribution >= 0.6 is 15.9 Å². The predicted molar refractivity (Wildman–Crippen MR) is 86.4 cm³/mol. The summed E-state index contributed by atoms with van der Waals surface area (Å²) < 4.78 is 6.83. The van der Waals surface area contributed by atoms with Gasteiger partial charge in [0, 0.05) is 23.1 Å². The predicted octanol–water partition coefficient (Wildman–Crippen LogP) is 3.67. The van der Waals surface area contributed by atoms with E-state index in [0.717, 1.165) is 36.1 Å². The minimum Gasteiger partial charge on any atom is -0.473 e. The number of nitrogens with zero attached hydrogens (tertiary/aromatic N) is 3. The van der Waals surface area contributed by atoms with Crippen molar-refractivity contribution in [2.24, 2.45) is 0 Å². The third kappa shape index (κ3) is 3.96. The smallest absolute Gasteiger partial charge is 0.232 e. The highest BCUT2D eigenvalue weighted by atomic mass is 79.9. The summed E-state index contributed by atoms with van der Waals surface area (Å²) >= 11 is 3.40. The van der Waals surface area contributed by atoms with E-state index in [4.69, 9.17) is 4.74 Å². The quantitative estimate of drug-likeness (QED) is 0.815. The SMILES string of the molecule is Cc1nc(OC2CCN(C(C)(C)C)CC2)c(C#N)cc1Br. The zero-order valence-corrected chi connectivity index (χ0v) is 14.7. The third-order valence-corrected chi connectivity index (χ3v) is 4.71. The van der Waals surface area contributed by atoms with Crippen LogP contribution in [0.4, 0.5) is 0 Å². The van der Waals surface area contributed by atoms with Crippen molar-refractivity contribution in [3.05, 3.63) is 21.8 Å². The number of likely N-dealkylation sites (tertiary alicyclic amines) is 1. The molecule has 1 aliphatic rings. The summed E-state index contributed by atoms with van der Waals surface area (Å²) in [7, 11) is 0. The van der Waals surface area contributed by atoms with Crippen molar-refractivity contribution in [1.82, 2.24) is 9.88 Å². The van der Waals surface area contributed by atoms with Gasteiger partial charge in [0.25, 0.3) is 0 Å². The van der Waals surface area contributed by atoms with E-state index < -0.39 is 0 Å². The molecule has 2 rings (SSSR count). The van der Waals surface area contributed by atoms with Crippen molar-refractivity contribution in [3.8, 4) is 11.9 Å². The molecule has 2 heterocycles. The van der Waals surface area contributed by atoms with E-state index in [-0.39, 0.29) is 11.6 Å². The molecule has 0 N–H and O–H groups in total. The fourth-order valence-electron chi connectivity index (χ4n) is 2.53. The Morgan fingerprint density at radius 2 is 2.00 bits per heavy atom. The van der Waals surface area contributed by atoms with Gasteiger partial charge in [-0.25, -0.2) is 4.98 Å². The Morgan fingerprint density at radius 3 is 2.52 bits per heavy atom. The van der Waals surface area contributed by atoms with Gasteiger partial charge in [0.1, 0.15) is 17.7 Å². The number of nitriles is 1. The highest BCUT2D eigenvalue weighted by Crippen LogP contribution is 2.27. The maximum absolute atomic E-state index is 9.21. The molecule has 0 radical (unpaired) electrons. The summed E-state index contributed by atoms with van der Waals surface area (Å²) in [5.41, 5.74) is 1.54. The molecule has 1 fully saturated rings. The summed E-state index contributed by atoms with van der Waals surface area (Å²) in [5.74, 6) is 0.465. The minimum absolute atomic E-state index is 0.142. The van der Waals surface area contributed by atoms with E-state index in [0.29, 0.717) is 11.4 Å². The van der Waals surface area contributed by atoms with Crippen LogP contribution in [0.5, 0.6) is 5.88 Å². The minimum atomic E-state index is 0.142.